The first-order valence-corrected chi connectivity index (χ1v) is 7.36. The van der Waals surface area contributed by atoms with Crippen molar-refractivity contribution in [1.29, 1.82) is 0 Å². The highest BCUT2D eigenvalue weighted by molar-refractivity contribution is 7.62. The molecule has 22 heavy (non-hydrogen) atoms. The molecule has 1 aliphatic rings. The number of hydrogen-bond donors (Lipinski definition) is 0. The maximum Gasteiger partial charge on any atom is 0.381 e. The predicted molar refractivity (Wildman–Crippen MR) is 80.8 cm³/mol. The van der Waals surface area contributed by atoms with Crippen molar-refractivity contribution >= 4 is 40.3 Å². The molecule has 1 aromatic rings. The summed E-state index contributed by atoms with van der Waals surface area (Å²) in [7, 11) is -1.30. The van der Waals surface area contributed by atoms with Crippen LogP contribution < -0.4 is 0 Å². The molecule has 0 radical (unpaired) electrons. The van der Waals surface area contributed by atoms with Gasteiger partial charge in [0.2, 0.25) is 0 Å². The van der Waals surface area contributed by atoms with E-state index in [4.69, 9.17) is 11.6 Å². The summed E-state index contributed by atoms with van der Waals surface area (Å²) in [6, 6.07) is 8.35. The fourth-order valence-electron chi connectivity index (χ4n) is 1.47. The minimum Gasteiger partial charge on any atom is -0.334 e. The van der Waals surface area contributed by atoms with Crippen LogP contribution in [-0.2, 0) is 15.3 Å². The first-order valence-electron chi connectivity index (χ1n) is 5.95. The first kappa shape index (κ1) is 17.8. The fraction of sp³-hybridized carbons (Fsp3) is 0.250. The number of urea groups is 1. The second-order valence-electron chi connectivity index (χ2n) is 4.04. The quantitative estimate of drug-likeness (QED) is 0.720. The van der Waals surface area contributed by atoms with Crippen LogP contribution >= 0.6 is 11.6 Å². The van der Waals surface area contributed by atoms with Gasteiger partial charge in [0.1, 0.15) is 5.84 Å². The Hall–Kier alpha value is -2.26. The van der Waals surface area contributed by atoms with Crippen LogP contribution in [0.1, 0.15) is 6.92 Å². The molecule has 1 atom stereocenters. The zero-order valence-electron chi connectivity index (χ0n) is 11.7. The number of amides is 2. The van der Waals surface area contributed by atoms with Crippen molar-refractivity contribution in [2.24, 2.45) is 9.46 Å². The van der Waals surface area contributed by atoms with Crippen LogP contribution in [0.2, 0.25) is 5.02 Å². The van der Waals surface area contributed by atoms with Gasteiger partial charge in [-0.1, -0.05) is 34.2 Å². The van der Waals surface area contributed by atoms with Crippen molar-refractivity contribution in [3.05, 3.63) is 35.4 Å². The lowest BCUT2D eigenvalue weighted by Crippen LogP contribution is -2.42. The van der Waals surface area contributed by atoms with Gasteiger partial charge in [-0.15, -0.1) is 0 Å². The second kappa shape index (κ2) is 8.25. The molecule has 1 heterocycles. The van der Waals surface area contributed by atoms with E-state index in [0.29, 0.717) is 17.1 Å². The molecule has 0 aromatic heterocycles. The lowest BCUT2D eigenvalue weighted by molar-refractivity contribution is -0.113. The van der Waals surface area contributed by atoms with E-state index in [1.54, 1.807) is 14.0 Å². The highest BCUT2D eigenvalue weighted by Gasteiger charge is 2.33. The molecule has 0 fully saturated rings. The number of halogens is 1. The zero-order chi connectivity index (χ0) is 16.7. The third-order valence-electron chi connectivity index (χ3n) is 2.61. The normalized spacial score (nSPS) is 16.3. The molecule has 2 amide bonds. The summed E-state index contributed by atoms with van der Waals surface area (Å²) in [4.78, 5) is 23.3. The molecule has 0 aliphatic carbocycles. The molecular weight excluding hydrogens is 332 g/mol. The minimum atomic E-state index is -2.85. The van der Waals surface area contributed by atoms with E-state index < -0.39 is 22.7 Å². The average molecular weight is 345 g/mol. The van der Waals surface area contributed by atoms with Crippen LogP contribution in [0.15, 0.2) is 39.8 Å². The van der Waals surface area contributed by atoms with Gasteiger partial charge in [-0.25, -0.2) is 4.79 Å². The van der Waals surface area contributed by atoms with Gasteiger partial charge in [0.15, 0.2) is 12.5 Å². The average Bonchev–Trinajstić information content (AvgIpc) is 2.75. The Morgan fingerprint density at radius 2 is 1.95 bits per heavy atom. The van der Waals surface area contributed by atoms with E-state index in [1.165, 1.54) is 4.90 Å². The van der Waals surface area contributed by atoms with Crippen LogP contribution in [0.5, 0.6) is 0 Å². The Labute approximate surface area is 133 Å². The smallest absolute Gasteiger partial charge is 0.334 e. The number of hydrazone groups is 1. The Morgan fingerprint density at radius 1 is 1.36 bits per heavy atom. The molecule has 0 spiro atoms. The van der Waals surface area contributed by atoms with Gasteiger partial charge < -0.3 is 4.90 Å². The summed E-state index contributed by atoms with van der Waals surface area (Å²) in [6.07, 6.45) is -0.467. The molecule has 0 saturated heterocycles. The fourth-order valence-corrected chi connectivity index (χ4v) is 1.82. The summed E-state index contributed by atoms with van der Waals surface area (Å²) in [6.45, 7) is 1.58. The Bertz CT molecular complexity index is 697. The van der Waals surface area contributed by atoms with Gasteiger partial charge in [-0.05, 0) is 19.1 Å². The summed E-state index contributed by atoms with van der Waals surface area (Å²) in [5, 5.41) is 5.20. The number of benzene rings is 1. The van der Waals surface area contributed by atoms with Crippen LogP contribution in [0.3, 0.4) is 0 Å². The van der Waals surface area contributed by atoms with Crippen molar-refractivity contribution in [1.82, 2.24) is 9.91 Å². The number of carbonyl (C=O) groups is 2. The number of likely N-dealkylation sites (N-methyl/N-ethyl adjacent to an activating group) is 1. The Kier molecular flexibility index (Phi) is 6.67. The van der Waals surface area contributed by atoms with E-state index in [9.17, 15) is 18.0 Å². The van der Waals surface area contributed by atoms with Crippen molar-refractivity contribution in [3.8, 4) is 0 Å². The van der Waals surface area contributed by atoms with Gasteiger partial charge in [-0.3, -0.25) is 4.79 Å². The molecule has 118 valence electrons. The number of hydrogen-bond acceptors (Lipinski definition) is 6. The molecule has 2 rings (SSSR count). The predicted octanol–water partition coefficient (Wildman–Crippen LogP) is 1.61. The number of amidine groups is 1. The van der Waals surface area contributed by atoms with E-state index in [-0.39, 0.29) is 0 Å². The van der Waals surface area contributed by atoms with Gasteiger partial charge in [0.25, 0.3) is 0 Å². The van der Waals surface area contributed by atoms with E-state index in [0.717, 1.165) is 5.02 Å². The maximum absolute atomic E-state index is 11.2. The van der Waals surface area contributed by atoms with Crippen LogP contribution in [-0.4, -0.2) is 49.7 Å². The van der Waals surface area contributed by atoms with Crippen LogP contribution in [0.4, 0.5) is 4.79 Å². The molecule has 1 aromatic carbocycles. The monoisotopic (exact) mass is 344 g/mol. The Morgan fingerprint density at radius 3 is 2.36 bits per heavy atom. The third-order valence-corrected chi connectivity index (χ3v) is 3.17. The molecule has 8 nitrogen and oxygen atoms in total. The second-order valence-corrected chi connectivity index (χ2v) is 5.09. The van der Waals surface area contributed by atoms with E-state index in [1.807, 2.05) is 30.3 Å². The molecular formula is C12H13ClN4O4S. The first-order chi connectivity index (χ1) is 10.4. The van der Waals surface area contributed by atoms with Crippen molar-refractivity contribution in [2.75, 3.05) is 7.05 Å². The highest BCUT2D eigenvalue weighted by atomic mass is 35.5. The standard InChI is InChI=1S/C6H5Cl.C6H8N4O4S/c7-6-4-2-1-3-5-6;1-4-7-10(5(3-11)9(4)2)6(12)8-15(13)14/h1-5H;3,5H,1-2H3. The van der Waals surface area contributed by atoms with Gasteiger partial charge in [0.05, 0.1) is 0 Å². The lowest BCUT2D eigenvalue weighted by Gasteiger charge is -2.19. The van der Waals surface area contributed by atoms with Gasteiger partial charge >= 0.3 is 16.5 Å². The number of carbonyl (C=O) groups excluding carboxylic acids is 2. The zero-order valence-corrected chi connectivity index (χ0v) is 13.3. The van der Waals surface area contributed by atoms with Crippen molar-refractivity contribution in [3.63, 3.8) is 0 Å². The molecule has 0 bridgehead atoms. The summed E-state index contributed by atoms with van der Waals surface area (Å²) in [5.41, 5.74) is 0. The van der Waals surface area contributed by atoms with Crippen molar-refractivity contribution in [2.45, 2.75) is 13.1 Å². The molecule has 0 saturated carbocycles. The number of rotatable bonds is 1. The van der Waals surface area contributed by atoms with E-state index >= 15 is 0 Å². The topological polar surface area (TPSA) is 99.5 Å². The van der Waals surface area contributed by atoms with Crippen LogP contribution in [0, 0.1) is 0 Å². The number of nitrogens with zero attached hydrogens (tertiary/aromatic N) is 4. The maximum atomic E-state index is 11.2. The van der Waals surface area contributed by atoms with Gasteiger partial charge in [0, 0.05) is 12.1 Å². The molecule has 1 aliphatic heterocycles. The summed E-state index contributed by atoms with van der Waals surface area (Å²) < 4.78 is 23.1. The summed E-state index contributed by atoms with van der Waals surface area (Å²) in [5.74, 6) is 0.423. The molecule has 0 N–H and O–H groups in total. The summed E-state index contributed by atoms with van der Waals surface area (Å²) >= 11 is 5.54. The van der Waals surface area contributed by atoms with Crippen LogP contribution in [0.25, 0.3) is 0 Å². The van der Waals surface area contributed by atoms with Gasteiger partial charge in [-0.2, -0.15) is 18.5 Å². The largest absolute Gasteiger partial charge is 0.381 e. The molecule has 1 unspecified atom stereocenters. The minimum absolute atomic E-state index is 0.423. The Balaban J connectivity index is 0.000000287. The number of aldehydes is 1. The highest BCUT2D eigenvalue weighted by Crippen LogP contribution is 2.14. The SMILES string of the molecule is CC1=NN(C(=O)N=S(=O)=O)C(C=O)N1C.Clc1ccccc1. The lowest BCUT2D eigenvalue weighted by atomic mass is 10.4. The van der Waals surface area contributed by atoms with Crippen molar-refractivity contribution < 1.29 is 18.0 Å². The third kappa shape index (κ3) is 4.93. The molecule has 10 heteroatoms. The van der Waals surface area contributed by atoms with E-state index in [2.05, 4.69) is 9.46 Å².